The van der Waals surface area contributed by atoms with Gasteiger partial charge >= 0.3 is 0 Å². The van der Waals surface area contributed by atoms with Crippen LogP contribution in [0.1, 0.15) is 18.4 Å². The minimum atomic E-state index is -3.43. The Hall–Kier alpha value is -2.15. The first-order valence-corrected chi connectivity index (χ1v) is 10.4. The van der Waals surface area contributed by atoms with E-state index in [0.717, 1.165) is 38.6 Å². The molecule has 2 aromatic rings. The Morgan fingerprint density at radius 3 is 2.52 bits per heavy atom. The second-order valence-corrected chi connectivity index (χ2v) is 8.53. The number of likely N-dealkylation sites (tertiary alicyclic amines) is 1. The predicted molar refractivity (Wildman–Crippen MR) is 94.8 cm³/mol. The number of nitrogens with zero attached hydrogens (tertiary/aromatic N) is 3. The fourth-order valence-electron chi connectivity index (χ4n) is 3.32. The van der Waals surface area contributed by atoms with Gasteiger partial charge in [-0.2, -0.15) is 0 Å². The van der Waals surface area contributed by atoms with Crippen molar-refractivity contribution >= 4 is 15.7 Å². The monoisotopic (exact) mass is 361 g/mol. The van der Waals surface area contributed by atoms with Gasteiger partial charge in [-0.15, -0.1) is 0 Å². The lowest BCUT2D eigenvalue weighted by Gasteiger charge is -2.32. The fraction of sp³-hybridized carbons (Fsp3) is 0.444. The van der Waals surface area contributed by atoms with Crippen LogP contribution < -0.4 is 0 Å². The fourth-order valence-corrected chi connectivity index (χ4v) is 4.13. The number of piperidine rings is 1. The van der Waals surface area contributed by atoms with E-state index in [1.165, 1.54) is 22.5 Å². The normalized spacial score (nSPS) is 16.1. The third kappa shape index (κ3) is 4.48. The molecule has 25 heavy (non-hydrogen) atoms. The molecule has 3 rings (SSSR count). The number of benzene rings is 1. The van der Waals surface area contributed by atoms with Crippen molar-refractivity contribution in [1.29, 1.82) is 0 Å². The number of amides is 1. The smallest absolute Gasteiger partial charge is 0.242 e. The summed E-state index contributed by atoms with van der Waals surface area (Å²) < 4.78 is 24.8. The highest BCUT2D eigenvalue weighted by atomic mass is 32.2. The van der Waals surface area contributed by atoms with Crippen molar-refractivity contribution in [3.8, 4) is 0 Å². The van der Waals surface area contributed by atoms with Gasteiger partial charge in [0.15, 0.2) is 0 Å². The molecule has 134 valence electrons. The molecule has 2 heterocycles. The van der Waals surface area contributed by atoms with E-state index in [1.54, 1.807) is 0 Å². The zero-order valence-corrected chi connectivity index (χ0v) is 15.2. The molecule has 0 bridgehead atoms. The molecule has 0 spiro atoms. The van der Waals surface area contributed by atoms with E-state index >= 15 is 0 Å². The van der Waals surface area contributed by atoms with E-state index in [0.29, 0.717) is 5.92 Å². The van der Waals surface area contributed by atoms with Crippen LogP contribution in [-0.2, 0) is 27.6 Å². The van der Waals surface area contributed by atoms with Gasteiger partial charge in [-0.3, -0.25) is 4.79 Å². The van der Waals surface area contributed by atoms with Crippen LogP contribution in [-0.4, -0.2) is 48.1 Å². The van der Waals surface area contributed by atoms with Gasteiger partial charge in [-0.25, -0.2) is 13.4 Å². The van der Waals surface area contributed by atoms with Gasteiger partial charge in [0.05, 0.1) is 0 Å². The molecule has 1 aromatic carbocycles. The van der Waals surface area contributed by atoms with E-state index in [4.69, 9.17) is 0 Å². The number of sulfone groups is 1. The lowest BCUT2D eigenvalue weighted by Crippen LogP contribution is -2.40. The summed E-state index contributed by atoms with van der Waals surface area (Å²) in [6, 6.07) is 10.4. The van der Waals surface area contributed by atoms with E-state index in [2.05, 4.69) is 29.2 Å². The highest BCUT2D eigenvalue weighted by molar-refractivity contribution is 7.90. The molecule has 1 aliphatic rings. The maximum atomic E-state index is 12.5. The second-order valence-electron chi connectivity index (χ2n) is 6.62. The maximum Gasteiger partial charge on any atom is 0.242 e. The number of rotatable bonds is 5. The Kier molecular flexibility index (Phi) is 5.22. The second kappa shape index (κ2) is 7.39. The Bertz CT molecular complexity index is 822. The van der Waals surface area contributed by atoms with Gasteiger partial charge < -0.3 is 9.47 Å². The number of imidazole rings is 1. The molecule has 0 atom stereocenters. The maximum absolute atomic E-state index is 12.5. The van der Waals surface area contributed by atoms with Gasteiger partial charge in [-0.05, 0) is 30.7 Å². The Labute approximate surface area is 148 Å². The SMILES string of the molecule is CS(=O)(=O)c1nccn1CC(=O)N1CCC(Cc2ccccc2)CC1. The van der Waals surface area contributed by atoms with Crippen molar-refractivity contribution < 1.29 is 13.2 Å². The molecule has 0 N–H and O–H groups in total. The van der Waals surface area contributed by atoms with E-state index in [1.807, 2.05) is 11.0 Å². The van der Waals surface area contributed by atoms with Gasteiger partial charge in [0, 0.05) is 31.7 Å². The third-order valence-electron chi connectivity index (χ3n) is 4.65. The molecule has 0 unspecified atom stereocenters. The van der Waals surface area contributed by atoms with Crippen LogP contribution in [0.25, 0.3) is 0 Å². The molecular weight excluding hydrogens is 338 g/mol. The van der Waals surface area contributed by atoms with Crippen LogP contribution in [0, 0.1) is 5.92 Å². The van der Waals surface area contributed by atoms with Crippen molar-refractivity contribution in [1.82, 2.24) is 14.5 Å². The molecule has 0 saturated carbocycles. The number of hydrogen-bond acceptors (Lipinski definition) is 4. The summed E-state index contributed by atoms with van der Waals surface area (Å²) >= 11 is 0. The Morgan fingerprint density at radius 2 is 1.88 bits per heavy atom. The van der Waals surface area contributed by atoms with Gasteiger partial charge in [0.25, 0.3) is 0 Å². The summed E-state index contributed by atoms with van der Waals surface area (Å²) in [4.78, 5) is 18.2. The molecule has 7 heteroatoms. The van der Waals surface area contributed by atoms with Gasteiger partial charge in [-0.1, -0.05) is 30.3 Å². The van der Waals surface area contributed by atoms with Crippen LogP contribution >= 0.6 is 0 Å². The quantitative estimate of drug-likeness (QED) is 0.814. The molecule has 1 aromatic heterocycles. The summed E-state index contributed by atoms with van der Waals surface area (Å²) in [5.74, 6) is 0.535. The Balaban J connectivity index is 1.55. The summed E-state index contributed by atoms with van der Waals surface area (Å²) in [7, 11) is -3.43. The van der Waals surface area contributed by atoms with E-state index in [-0.39, 0.29) is 17.6 Å². The number of carbonyl (C=O) groups is 1. The van der Waals surface area contributed by atoms with Crippen LogP contribution in [0.4, 0.5) is 0 Å². The van der Waals surface area contributed by atoms with Crippen molar-refractivity contribution in [3.05, 3.63) is 48.3 Å². The average Bonchev–Trinajstić information content (AvgIpc) is 3.05. The van der Waals surface area contributed by atoms with Crippen LogP contribution in [0.5, 0.6) is 0 Å². The molecule has 1 aliphatic heterocycles. The largest absolute Gasteiger partial charge is 0.341 e. The first-order chi connectivity index (χ1) is 11.9. The van der Waals surface area contributed by atoms with Crippen molar-refractivity contribution in [2.45, 2.75) is 31.0 Å². The molecule has 6 nitrogen and oxygen atoms in total. The topological polar surface area (TPSA) is 72.3 Å². The van der Waals surface area contributed by atoms with Crippen molar-refractivity contribution in [2.75, 3.05) is 19.3 Å². The molecular formula is C18H23N3O3S. The minimum absolute atomic E-state index is 0.0196. The lowest BCUT2D eigenvalue weighted by atomic mass is 9.90. The third-order valence-corrected chi connectivity index (χ3v) is 5.65. The van der Waals surface area contributed by atoms with Crippen LogP contribution in [0.3, 0.4) is 0 Å². The zero-order valence-electron chi connectivity index (χ0n) is 14.3. The number of carbonyl (C=O) groups excluding carboxylic acids is 1. The van der Waals surface area contributed by atoms with Gasteiger partial charge in [0.2, 0.25) is 20.9 Å². The Morgan fingerprint density at radius 1 is 1.20 bits per heavy atom. The highest BCUT2D eigenvalue weighted by Gasteiger charge is 2.24. The van der Waals surface area contributed by atoms with Crippen LogP contribution in [0.2, 0.25) is 0 Å². The number of aromatic nitrogens is 2. The standard InChI is InChI=1S/C18H23N3O3S/c1-25(23,24)18-19-9-12-21(18)14-17(22)20-10-7-16(8-11-20)13-15-5-3-2-4-6-15/h2-6,9,12,16H,7-8,10-11,13-14H2,1H3. The summed E-state index contributed by atoms with van der Waals surface area (Å²) in [6.07, 6.45) is 7.05. The molecule has 1 saturated heterocycles. The summed E-state index contributed by atoms with van der Waals surface area (Å²) in [5, 5.41) is -0.0557. The van der Waals surface area contributed by atoms with Crippen molar-refractivity contribution in [2.24, 2.45) is 5.92 Å². The first kappa shape index (κ1) is 17.7. The minimum Gasteiger partial charge on any atom is -0.341 e. The first-order valence-electron chi connectivity index (χ1n) is 8.46. The van der Waals surface area contributed by atoms with Crippen LogP contribution in [0.15, 0.2) is 47.9 Å². The highest BCUT2D eigenvalue weighted by Crippen LogP contribution is 2.22. The summed E-state index contributed by atoms with van der Waals surface area (Å²) in [6.45, 7) is 1.46. The molecule has 1 amide bonds. The molecule has 1 fully saturated rings. The summed E-state index contributed by atoms with van der Waals surface area (Å²) in [5.41, 5.74) is 1.34. The van der Waals surface area contributed by atoms with Crippen molar-refractivity contribution in [3.63, 3.8) is 0 Å². The molecule has 0 aliphatic carbocycles. The average molecular weight is 361 g/mol. The molecule has 0 radical (unpaired) electrons. The lowest BCUT2D eigenvalue weighted by molar-refractivity contribution is -0.133. The predicted octanol–water partition coefficient (Wildman–Crippen LogP) is 1.77. The van der Waals surface area contributed by atoms with Gasteiger partial charge in [0.1, 0.15) is 6.54 Å². The van der Waals surface area contributed by atoms with E-state index in [9.17, 15) is 13.2 Å². The zero-order chi connectivity index (χ0) is 17.9. The number of hydrogen-bond donors (Lipinski definition) is 0. The van der Waals surface area contributed by atoms with E-state index < -0.39 is 9.84 Å².